The zero-order valence-electron chi connectivity index (χ0n) is 6.52. The first kappa shape index (κ1) is 5.59. The summed E-state index contributed by atoms with van der Waals surface area (Å²) in [4.78, 5) is 0. The molecule has 0 aromatic heterocycles. The Balaban J connectivity index is 1.92. The van der Waals surface area contributed by atoms with Crippen LogP contribution in [0.15, 0.2) is 0 Å². The molecule has 0 aromatic rings. The van der Waals surface area contributed by atoms with Gasteiger partial charge < -0.3 is 4.74 Å². The van der Waals surface area contributed by atoms with Gasteiger partial charge in [-0.05, 0) is 31.6 Å². The van der Waals surface area contributed by atoms with Crippen molar-refractivity contribution in [3.8, 4) is 0 Å². The molecule has 1 aliphatic heterocycles. The van der Waals surface area contributed by atoms with Crippen LogP contribution in [0.2, 0.25) is 0 Å². The van der Waals surface area contributed by atoms with Gasteiger partial charge in [0.05, 0.1) is 5.60 Å². The van der Waals surface area contributed by atoms with Gasteiger partial charge in [0.1, 0.15) is 5.60 Å². The van der Waals surface area contributed by atoms with Crippen molar-refractivity contribution in [3.05, 3.63) is 0 Å². The van der Waals surface area contributed by atoms with Gasteiger partial charge in [0.25, 0.3) is 0 Å². The molecule has 0 amide bonds. The summed E-state index contributed by atoms with van der Waals surface area (Å²) < 4.78 is 5.88. The summed E-state index contributed by atoms with van der Waals surface area (Å²) in [5.74, 6) is 0.856. The molecular weight excluding hydrogens is 124 g/mol. The maximum Gasteiger partial charge on any atom is 0.100 e. The molecule has 2 aliphatic carbocycles. The zero-order valence-corrected chi connectivity index (χ0v) is 6.52. The first-order valence-electron chi connectivity index (χ1n) is 4.49. The molecule has 0 bridgehead atoms. The zero-order chi connectivity index (χ0) is 6.82. The quantitative estimate of drug-likeness (QED) is 0.467. The fraction of sp³-hybridized carbons (Fsp3) is 1.00. The minimum atomic E-state index is 0.410. The van der Waals surface area contributed by atoms with E-state index in [0.29, 0.717) is 11.2 Å². The van der Waals surface area contributed by atoms with Crippen molar-refractivity contribution in [2.75, 3.05) is 0 Å². The standard InChI is InChI=1S/C9H14O/c1-7-3-2-4-9(7)8(10-9)5-6-8/h7H,2-6H2,1H3/t7-,9?/m0/s1. The Morgan fingerprint density at radius 1 is 1.30 bits per heavy atom. The molecule has 1 unspecified atom stereocenters. The lowest BCUT2D eigenvalue weighted by Crippen LogP contribution is -2.18. The van der Waals surface area contributed by atoms with Crippen LogP contribution in [0, 0.1) is 5.92 Å². The second-order valence-corrected chi connectivity index (χ2v) is 4.28. The van der Waals surface area contributed by atoms with Crippen molar-refractivity contribution in [1.29, 1.82) is 0 Å². The highest BCUT2D eigenvalue weighted by Gasteiger charge is 2.78. The fourth-order valence-electron chi connectivity index (χ4n) is 2.94. The van der Waals surface area contributed by atoms with Crippen LogP contribution in [0.1, 0.15) is 39.0 Å². The van der Waals surface area contributed by atoms with E-state index in [9.17, 15) is 0 Å². The van der Waals surface area contributed by atoms with Gasteiger partial charge in [-0.1, -0.05) is 13.3 Å². The van der Waals surface area contributed by atoms with Gasteiger partial charge in [0.2, 0.25) is 0 Å². The Morgan fingerprint density at radius 3 is 2.50 bits per heavy atom. The van der Waals surface area contributed by atoms with Crippen LogP contribution in [0.25, 0.3) is 0 Å². The minimum Gasteiger partial charge on any atom is -0.362 e. The van der Waals surface area contributed by atoms with E-state index in [-0.39, 0.29) is 0 Å². The number of hydrogen-bond acceptors (Lipinski definition) is 1. The van der Waals surface area contributed by atoms with Crippen LogP contribution in [-0.4, -0.2) is 11.2 Å². The average Bonchev–Trinajstić information content (AvgIpc) is 2.74. The van der Waals surface area contributed by atoms with E-state index in [1.54, 1.807) is 0 Å². The third-order valence-corrected chi connectivity index (χ3v) is 3.79. The molecule has 3 aliphatic rings. The second kappa shape index (κ2) is 1.29. The molecule has 1 heterocycles. The van der Waals surface area contributed by atoms with Gasteiger partial charge >= 0.3 is 0 Å². The van der Waals surface area contributed by atoms with E-state index in [1.807, 2.05) is 0 Å². The van der Waals surface area contributed by atoms with E-state index in [2.05, 4.69) is 6.92 Å². The summed E-state index contributed by atoms with van der Waals surface area (Å²) in [6.45, 7) is 2.36. The van der Waals surface area contributed by atoms with Gasteiger partial charge in [0.15, 0.2) is 0 Å². The normalized spacial score (nSPS) is 54.3. The van der Waals surface area contributed by atoms with Crippen LogP contribution < -0.4 is 0 Å². The summed E-state index contributed by atoms with van der Waals surface area (Å²) in [6.07, 6.45) is 6.88. The van der Waals surface area contributed by atoms with Crippen molar-refractivity contribution in [3.63, 3.8) is 0 Å². The van der Waals surface area contributed by atoms with Crippen LogP contribution in [0.4, 0.5) is 0 Å². The van der Waals surface area contributed by atoms with E-state index in [4.69, 9.17) is 4.74 Å². The number of epoxide rings is 1. The molecular formula is C9H14O. The highest BCUT2D eigenvalue weighted by atomic mass is 16.6. The summed E-state index contributed by atoms with van der Waals surface area (Å²) in [6, 6.07) is 0. The molecule has 1 heteroatoms. The summed E-state index contributed by atoms with van der Waals surface area (Å²) in [7, 11) is 0. The van der Waals surface area contributed by atoms with Gasteiger partial charge in [-0.15, -0.1) is 0 Å². The maximum atomic E-state index is 5.88. The van der Waals surface area contributed by atoms with Gasteiger partial charge in [-0.2, -0.15) is 0 Å². The SMILES string of the molecule is C[C@H]1CCCC12OC21CC1. The number of ether oxygens (including phenoxy) is 1. The van der Waals surface area contributed by atoms with Crippen molar-refractivity contribution < 1.29 is 4.74 Å². The summed E-state index contributed by atoms with van der Waals surface area (Å²) in [5, 5.41) is 0. The highest BCUT2D eigenvalue weighted by molar-refractivity contribution is 5.27. The van der Waals surface area contributed by atoms with Gasteiger partial charge in [-0.25, -0.2) is 0 Å². The van der Waals surface area contributed by atoms with E-state index in [1.165, 1.54) is 32.1 Å². The maximum absolute atomic E-state index is 5.88. The van der Waals surface area contributed by atoms with Crippen LogP contribution in [0.3, 0.4) is 0 Å². The predicted octanol–water partition coefficient (Wildman–Crippen LogP) is 2.11. The Morgan fingerprint density at radius 2 is 2.10 bits per heavy atom. The Bertz CT molecular complexity index is 179. The third kappa shape index (κ3) is 0.402. The number of hydrogen-bond donors (Lipinski definition) is 0. The lowest BCUT2D eigenvalue weighted by molar-refractivity contribution is 0.251. The average molecular weight is 138 g/mol. The molecule has 3 fully saturated rings. The van der Waals surface area contributed by atoms with Crippen LogP contribution >= 0.6 is 0 Å². The van der Waals surface area contributed by atoms with Crippen LogP contribution in [0.5, 0.6) is 0 Å². The molecule has 3 rings (SSSR count). The molecule has 1 saturated heterocycles. The lowest BCUT2D eigenvalue weighted by Gasteiger charge is -2.08. The molecule has 10 heavy (non-hydrogen) atoms. The van der Waals surface area contributed by atoms with E-state index >= 15 is 0 Å². The molecule has 2 saturated carbocycles. The fourth-order valence-corrected chi connectivity index (χ4v) is 2.94. The number of fused-ring (bicyclic) bond motifs is 1. The van der Waals surface area contributed by atoms with Gasteiger partial charge in [0, 0.05) is 0 Å². The predicted molar refractivity (Wildman–Crippen MR) is 38.8 cm³/mol. The Hall–Kier alpha value is -0.0400. The molecule has 2 atom stereocenters. The molecule has 1 nitrogen and oxygen atoms in total. The summed E-state index contributed by atoms with van der Waals surface area (Å²) >= 11 is 0. The molecule has 0 aromatic carbocycles. The Labute approximate surface area is 61.8 Å². The largest absolute Gasteiger partial charge is 0.362 e. The molecule has 2 spiro atoms. The second-order valence-electron chi connectivity index (χ2n) is 4.28. The molecule has 0 N–H and O–H groups in total. The smallest absolute Gasteiger partial charge is 0.100 e. The Kier molecular flexibility index (Phi) is 0.722. The molecule has 56 valence electrons. The molecule has 0 radical (unpaired) electrons. The van der Waals surface area contributed by atoms with Crippen molar-refractivity contribution in [2.24, 2.45) is 5.92 Å². The topological polar surface area (TPSA) is 12.5 Å². The number of rotatable bonds is 0. The first-order valence-corrected chi connectivity index (χ1v) is 4.49. The summed E-state index contributed by atoms with van der Waals surface area (Å²) in [5.41, 5.74) is 0.857. The van der Waals surface area contributed by atoms with Crippen molar-refractivity contribution >= 4 is 0 Å². The minimum absolute atomic E-state index is 0.410. The highest BCUT2D eigenvalue weighted by Crippen LogP contribution is 2.72. The van der Waals surface area contributed by atoms with Gasteiger partial charge in [-0.3, -0.25) is 0 Å². The monoisotopic (exact) mass is 138 g/mol. The van der Waals surface area contributed by atoms with E-state index in [0.717, 1.165) is 5.92 Å². The first-order chi connectivity index (χ1) is 4.79. The van der Waals surface area contributed by atoms with E-state index < -0.39 is 0 Å². The third-order valence-electron chi connectivity index (χ3n) is 3.79. The van der Waals surface area contributed by atoms with Crippen molar-refractivity contribution in [1.82, 2.24) is 0 Å². The van der Waals surface area contributed by atoms with Crippen molar-refractivity contribution in [2.45, 2.75) is 50.2 Å². The lowest BCUT2D eigenvalue weighted by atomic mass is 9.93. The van der Waals surface area contributed by atoms with Crippen LogP contribution in [-0.2, 0) is 4.74 Å².